The van der Waals surface area contributed by atoms with Gasteiger partial charge in [0.2, 0.25) is 0 Å². The van der Waals surface area contributed by atoms with E-state index in [0.717, 1.165) is 67.8 Å². The molecule has 222 valence electrons. The van der Waals surface area contributed by atoms with Gasteiger partial charge in [-0.2, -0.15) is 0 Å². The number of morpholine rings is 1. The fraction of sp³-hybridized carbons (Fsp3) is 0.303. The second-order valence-electron chi connectivity index (χ2n) is 10.3. The fourth-order valence-electron chi connectivity index (χ4n) is 5.19. The minimum absolute atomic E-state index is 0.499. The summed E-state index contributed by atoms with van der Waals surface area (Å²) in [5.74, 6) is 4.13. The van der Waals surface area contributed by atoms with E-state index in [1.165, 1.54) is 0 Å². The molecule has 43 heavy (non-hydrogen) atoms. The number of anilines is 1. The molecule has 10 nitrogen and oxygen atoms in total. The molecule has 1 fully saturated rings. The van der Waals surface area contributed by atoms with Crippen LogP contribution >= 0.6 is 0 Å². The predicted octanol–water partition coefficient (Wildman–Crippen LogP) is 5.13. The van der Waals surface area contributed by atoms with Gasteiger partial charge >= 0.3 is 0 Å². The number of imidazole rings is 1. The van der Waals surface area contributed by atoms with Gasteiger partial charge in [0.1, 0.15) is 24.0 Å². The topological polar surface area (TPSA) is 95.8 Å². The SMILES string of the molecule is COc1ccc(-n2c(-c3ccc(OCc4ccccc4)cc3)nc3c(NCCN4CCOCC4)nc(C)nc32)cc1OC. The second-order valence-corrected chi connectivity index (χ2v) is 10.3. The van der Waals surface area contributed by atoms with E-state index in [9.17, 15) is 0 Å². The highest BCUT2D eigenvalue weighted by Gasteiger charge is 2.21. The van der Waals surface area contributed by atoms with Gasteiger partial charge in [-0.05, 0) is 48.9 Å². The number of rotatable bonds is 11. The lowest BCUT2D eigenvalue weighted by Gasteiger charge is -2.26. The van der Waals surface area contributed by atoms with Crippen LogP contribution < -0.4 is 19.5 Å². The number of hydrogen-bond acceptors (Lipinski definition) is 9. The van der Waals surface area contributed by atoms with E-state index >= 15 is 0 Å². The van der Waals surface area contributed by atoms with Crippen LogP contribution in [-0.4, -0.2) is 78.0 Å². The van der Waals surface area contributed by atoms with Crippen molar-refractivity contribution in [3.63, 3.8) is 0 Å². The van der Waals surface area contributed by atoms with Crippen LogP contribution in [0.5, 0.6) is 17.2 Å². The number of fused-ring (bicyclic) bond motifs is 1. The Balaban J connectivity index is 1.37. The van der Waals surface area contributed by atoms with Gasteiger partial charge in [-0.25, -0.2) is 15.0 Å². The fourth-order valence-corrected chi connectivity index (χ4v) is 5.19. The van der Waals surface area contributed by atoms with Crippen LogP contribution in [0.1, 0.15) is 11.4 Å². The van der Waals surface area contributed by atoms with Crippen molar-refractivity contribution in [2.45, 2.75) is 13.5 Å². The van der Waals surface area contributed by atoms with Crippen LogP contribution in [-0.2, 0) is 11.3 Å². The highest BCUT2D eigenvalue weighted by molar-refractivity contribution is 5.88. The van der Waals surface area contributed by atoms with Crippen molar-refractivity contribution in [2.24, 2.45) is 0 Å². The smallest absolute Gasteiger partial charge is 0.170 e. The number of aromatic nitrogens is 4. The summed E-state index contributed by atoms with van der Waals surface area (Å²) in [6, 6.07) is 23.9. The Morgan fingerprint density at radius 3 is 2.37 bits per heavy atom. The molecule has 0 aliphatic carbocycles. The van der Waals surface area contributed by atoms with E-state index in [1.807, 2.05) is 72.2 Å². The summed E-state index contributed by atoms with van der Waals surface area (Å²) in [5.41, 5.74) is 4.27. The molecule has 1 saturated heterocycles. The molecular formula is C33H36N6O4. The Bertz CT molecular complexity index is 1670. The van der Waals surface area contributed by atoms with Crippen LogP contribution in [0.3, 0.4) is 0 Å². The third kappa shape index (κ3) is 6.40. The van der Waals surface area contributed by atoms with E-state index in [-0.39, 0.29) is 0 Å². The zero-order valence-electron chi connectivity index (χ0n) is 24.7. The molecule has 0 bridgehead atoms. The lowest BCUT2D eigenvalue weighted by Crippen LogP contribution is -2.39. The van der Waals surface area contributed by atoms with Gasteiger partial charge in [0.15, 0.2) is 28.5 Å². The molecular weight excluding hydrogens is 544 g/mol. The normalized spacial score (nSPS) is 13.7. The number of benzene rings is 3. The molecule has 0 amide bonds. The number of methoxy groups -OCH3 is 2. The minimum atomic E-state index is 0.499. The van der Waals surface area contributed by atoms with Gasteiger partial charge in [-0.3, -0.25) is 9.47 Å². The van der Waals surface area contributed by atoms with Crippen LogP contribution in [0.25, 0.3) is 28.2 Å². The molecule has 1 aliphatic heterocycles. The maximum atomic E-state index is 6.04. The quantitative estimate of drug-likeness (QED) is 0.228. The van der Waals surface area contributed by atoms with E-state index in [2.05, 4.69) is 22.3 Å². The molecule has 6 rings (SSSR count). The first-order chi connectivity index (χ1) is 21.1. The molecule has 0 spiro atoms. The van der Waals surface area contributed by atoms with Crippen molar-refractivity contribution in [3.05, 3.63) is 84.2 Å². The zero-order chi connectivity index (χ0) is 29.6. The second kappa shape index (κ2) is 13.1. The summed E-state index contributed by atoms with van der Waals surface area (Å²) in [6.45, 7) is 7.43. The standard InChI is InChI=1S/C33H36N6O4/c1-23-35-31(34-15-16-38-17-19-42-20-18-38)30-33(36-23)39(26-11-14-28(40-2)29(21-26)41-3)32(37-30)25-9-12-27(13-10-25)43-22-24-7-5-4-6-8-24/h4-14,21H,15-20,22H2,1-3H3,(H,34,35,36). The summed E-state index contributed by atoms with van der Waals surface area (Å²) < 4.78 is 24.7. The molecule has 5 aromatic rings. The Morgan fingerprint density at radius 1 is 0.860 bits per heavy atom. The Morgan fingerprint density at radius 2 is 1.63 bits per heavy atom. The molecule has 1 N–H and O–H groups in total. The van der Waals surface area contributed by atoms with E-state index in [4.69, 9.17) is 33.9 Å². The molecule has 2 aromatic heterocycles. The van der Waals surface area contributed by atoms with Crippen molar-refractivity contribution in [2.75, 3.05) is 58.9 Å². The molecule has 1 aliphatic rings. The monoisotopic (exact) mass is 580 g/mol. The highest BCUT2D eigenvalue weighted by atomic mass is 16.5. The maximum Gasteiger partial charge on any atom is 0.170 e. The summed E-state index contributed by atoms with van der Waals surface area (Å²) in [4.78, 5) is 17.1. The lowest BCUT2D eigenvalue weighted by molar-refractivity contribution is 0.0398. The van der Waals surface area contributed by atoms with Crippen LogP contribution in [0.15, 0.2) is 72.8 Å². The molecule has 0 unspecified atom stereocenters. The van der Waals surface area contributed by atoms with Crippen molar-refractivity contribution < 1.29 is 18.9 Å². The summed E-state index contributed by atoms with van der Waals surface area (Å²) in [5, 5.41) is 3.53. The van der Waals surface area contributed by atoms with Gasteiger partial charge < -0.3 is 24.3 Å². The third-order valence-corrected chi connectivity index (χ3v) is 7.43. The van der Waals surface area contributed by atoms with Crippen molar-refractivity contribution in [1.82, 2.24) is 24.4 Å². The first-order valence-electron chi connectivity index (χ1n) is 14.4. The average Bonchev–Trinajstić information content (AvgIpc) is 3.44. The molecule has 0 atom stereocenters. The number of aryl methyl sites for hydroxylation is 1. The largest absolute Gasteiger partial charge is 0.493 e. The summed E-state index contributed by atoms with van der Waals surface area (Å²) in [7, 11) is 3.26. The Labute approximate surface area is 251 Å². The summed E-state index contributed by atoms with van der Waals surface area (Å²) >= 11 is 0. The minimum Gasteiger partial charge on any atom is -0.493 e. The van der Waals surface area contributed by atoms with E-state index in [0.29, 0.717) is 40.9 Å². The van der Waals surface area contributed by atoms with Crippen LogP contribution in [0.2, 0.25) is 0 Å². The molecule has 3 aromatic carbocycles. The molecule has 3 heterocycles. The molecule has 0 radical (unpaired) electrons. The van der Waals surface area contributed by atoms with Crippen molar-refractivity contribution >= 4 is 17.0 Å². The average molecular weight is 581 g/mol. The Hall–Kier alpha value is -4.67. The maximum absolute atomic E-state index is 6.04. The van der Waals surface area contributed by atoms with E-state index in [1.54, 1.807) is 14.2 Å². The lowest BCUT2D eigenvalue weighted by atomic mass is 10.2. The first-order valence-corrected chi connectivity index (χ1v) is 14.4. The predicted molar refractivity (Wildman–Crippen MR) is 166 cm³/mol. The number of ether oxygens (including phenoxy) is 4. The van der Waals surface area contributed by atoms with Gasteiger partial charge in [-0.1, -0.05) is 30.3 Å². The summed E-state index contributed by atoms with van der Waals surface area (Å²) in [6.07, 6.45) is 0. The van der Waals surface area contributed by atoms with Gasteiger partial charge in [0, 0.05) is 37.8 Å². The van der Waals surface area contributed by atoms with Crippen molar-refractivity contribution in [3.8, 4) is 34.3 Å². The zero-order valence-corrected chi connectivity index (χ0v) is 24.7. The number of nitrogens with one attached hydrogen (secondary N) is 1. The van der Waals surface area contributed by atoms with Gasteiger partial charge in [0.25, 0.3) is 0 Å². The first kappa shape index (κ1) is 28.4. The molecule has 10 heteroatoms. The van der Waals surface area contributed by atoms with E-state index < -0.39 is 0 Å². The third-order valence-electron chi connectivity index (χ3n) is 7.43. The number of hydrogen-bond donors (Lipinski definition) is 1. The van der Waals surface area contributed by atoms with Crippen LogP contribution in [0, 0.1) is 6.92 Å². The van der Waals surface area contributed by atoms with Gasteiger partial charge in [-0.15, -0.1) is 0 Å². The highest BCUT2D eigenvalue weighted by Crippen LogP contribution is 2.35. The Kier molecular flexibility index (Phi) is 8.67. The number of nitrogens with zero attached hydrogens (tertiary/aromatic N) is 5. The molecule has 0 saturated carbocycles. The van der Waals surface area contributed by atoms with Gasteiger partial charge in [0.05, 0.1) is 33.1 Å². The van der Waals surface area contributed by atoms with Crippen molar-refractivity contribution in [1.29, 1.82) is 0 Å². The van der Waals surface area contributed by atoms with Crippen LogP contribution in [0.4, 0.5) is 5.82 Å².